The van der Waals surface area contributed by atoms with Crippen LogP contribution < -0.4 is 4.74 Å². The zero-order chi connectivity index (χ0) is 19.7. The van der Waals surface area contributed by atoms with Crippen LogP contribution in [0.2, 0.25) is 0 Å². The average molecular weight is 405 g/mol. The number of fused-ring (bicyclic) bond motifs is 1. The molecule has 0 aliphatic carbocycles. The number of hydrogen-bond donors (Lipinski definition) is 0. The highest BCUT2D eigenvalue weighted by atomic mass is 32.2. The first-order chi connectivity index (χ1) is 13.5. The van der Waals surface area contributed by atoms with Crippen LogP contribution >= 0.6 is 0 Å². The number of rotatable bonds is 4. The molecule has 2 aromatic rings. The van der Waals surface area contributed by atoms with Gasteiger partial charge in [-0.15, -0.1) is 10.2 Å². The van der Waals surface area contributed by atoms with Crippen LogP contribution in [0.5, 0.6) is 5.75 Å². The molecule has 0 N–H and O–H groups in total. The molecule has 1 aromatic heterocycles. The Morgan fingerprint density at radius 1 is 1.07 bits per heavy atom. The summed E-state index contributed by atoms with van der Waals surface area (Å²) >= 11 is 0. The van der Waals surface area contributed by atoms with E-state index < -0.39 is 10.0 Å². The van der Waals surface area contributed by atoms with Gasteiger partial charge in [0.15, 0.2) is 0 Å². The molecular weight excluding hydrogens is 376 g/mol. The Morgan fingerprint density at radius 3 is 2.61 bits per heavy atom. The zero-order valence-electron chi connectivity index (χ0n) is 16.6. The van der Waals surface area contributed by atoms with E-state index in [0.717, 1.165) is 43.0 Å². The molecule has 8 heteroatoms. The Labute approximate surface area is 166 Å². The third-order valence-corrected chi connectivity index (χ3v) is 7.81. The van der Waals surface area contributed by atoms with E-state index in [1.807, 2.05) is 13.0 Å². The summed E-state index contributed by atoms with van der Waals surface area (Å²) in [5, 5.41) is 8.88. The van der Waals surface area contributed by atoms with Gasteiger partial charge in [-0.1, -0.05) is 12.5 Å². The predicted octanol–water partition coefficient (Wildman–Crippen LogP) is 2.89. The number of benzene rings is 1. The van der Waals surface area contributed by atoms with Crippen LogP contribution in [0.25, 0.3) is 0 Å². The molecule has 0 spiro atoms. The Hall–Kier alpha value is -1.93. The first-order valence-corrected chi connectivity index (χ1v) is 11.5. The van der Waals surface area contributed by atoms with Gasteiger partial charge in [-0.25, -0.2) is 8.42 Å². The number of ether oxygens (including phenoxy) is 1. The standard InChI is InChI=1S/C20H28N4O3S/c1-15-7-8-17(27-2)18(14-15)28(25,26)23-12-9-16(10-13-23)20-22-21-19-6-4-3-5-11-24(19)20/h7-8,14,16H,3-6,9-13H2,1-2H3. The number of hydrogen-bond acceptors (Lipinski definition) is 5. The van der Waals surface area contributed by atoms with Gasteiger partial charge in [0.1, 0.15) is 22.3 Å². The van der Waals surface area contributed by atoms with Gasteiger partial charge in [0.05, 0.1) is 7.11 Å². The molecular formula is C20H28N4O3S. The minimum absolute atomic E-state index is 0.254. The maximum absolute atomic E-state index is 13.2. The van der Waals surface area contributed by atoms with E-state index in [1.54, 1.807) is 16.4 Å². The monoisotopic (exact) mass is 404 g/mol. The van der Waals surface area contributed by atoms with Gasteiger partial charge < -0.3 is 9.30 Å². The molecule has 28 heavy (non-hydrogen) atoms. The van der Waals surface area contributed by atoms with E-state index in [0.29, 0.717) is 18.8 Å². The van der Waals surface area contributed by atoms with Crippen molar-refractivity contribution in [2.24, 2.45) is 0 Å². The molecule has 2 aliphatic rings. The summed E-state index contributed by atoms with van der Waals surface area (Å²) in [5.74, 6) is 2.80. The number of aromatic nitrogens is 3. The van der Waals surface area contributed by atoms with Crippen molar-refractivity contribution in [3.05, 3.63) is 35.4 Å². The summed E-state index contributed by atoms with van der Waals surface area (Å²) in [6, 6.07) is 5.28. The van der Waals surface area contributed by atoms with Crippen LogP contribution in [0.15, 0.2) is 23.1 Å². The molecule has 1 fully saturated rings. The van der Waals surface area contributed by atoms with Gasteiger partial charge in [0.2, 0.25) is 10.0 Å². The number of piperidine rings is 1. The first-order valence-electron chi connectivity index (χ1n) is 10.1. The van der Waals surface area contributed by atoms with Gasteiger partial charge in [0, 0.05) is 32.0 Å². The van der Waals surface area contributed by atoms with Crippen LogP contribution in [0.3, 0.4) is 0 Å². The van der Waals surface area contributed by atoms with Gasteiger partial charge in [-0.3, -0.25) is 0 Å². The predicted molar refractivity (Wildman–Crippen MR) is 106 cm³/mol. The summed E-state index contributed by atoms with van der Waals surface area (Å²) in [4.78, 5) is 0.254. The normalized spacial score (nSPS) is 19.2. The third-order valence-electron chi connectivity index (χ3n) is 5.89. The Bertz CT molecular complexity index is 946. The smallest absolute Gasteiger partial charge is 0.246 e. The van der Waals surface area contributed by atoms with Crippen molar-refractivity contribution in [2.75, 3.05) is 20.2 Å². The van der Waals surface area contributed by atoms with Crippen molar-refractivity contribution >= 4 is 10.0 Å². The minimum Gasteiger partial charge on any atom is -0.495 e. The molecule has 3 heterocycles. The Morgan fingerprint density at radius 2 is 1.86 bits per heavy atom. The summed E-state index contributed by atoms with van der Waals surface area (Å²) in [6.07, 6.45) is 6.10. The molecule has 152 valence electrons. The second kappa shape index (κ2) is 7.83. The van der Waals surface area contributed by atoms with Crippen molar-refractivity contribution in [3.8, 4) is 5.75 Å². The van der Waals surface area contributed by atoms with Crippen LogP contribution in [0.1, 0.15) is 55.2 Å². The highest BCUT2D eigenvalue weighted by molar-refractivity contribution is 7.89. The molecule has 2 aliphatic heterocycles. The fourth-order valence-corrected chi connectivity index (χ4v) is 6.00. The maximum atomic E-state index is 13.2. The van der Waals surface area contributed by atoms with Gasteiger partial charge in [-0.05, 0) is 50.3 Å². The number of nitrogens with zero attached hydrogens (tertiary/aromatic N) is 4. The van der Waals surface area contributed by atoms with Crippen LogP contribution in [0, 0.1) is 6.92 Å². The van der Waals surface area contributed by atoms with E-state index >= 15 is 0 Å². The lowest BCUT2D eigenvalue weighted by molar-refractivity contribution is 0.307. The molecule has 7 nitrogen and oxygen atoms in total. The van der Waals surface area contributed by atoms with E-state index in [1.165, 1.54) is 26.4 Å². The van der Waals surface area contributed by atoms with Gasteiger partial charge >= 0.3 is 0 Å². The number of methoxy groups -OCH3 is 1. The molecule has 4 rings (SSSR count). The number of aryl methyl sites for hydroxylation is 2. The summed E-state index contributed by atoms with van der Waals surface area (Å²) in [7, 11) is -2.07. The second-order valence-corrected chi connectivity index (χ2v) is 9.68. The zero-order valence-corrected chi connectivity index (χ0v) is 17.4. The Kier molecular flexibility index (Phi) is 5.42. The molecule has 0 atom stereocenters. The van der Waals surface area contributed by atoms with E-state index in [2.05, 4.69) is 14.8 Å². The summed E-state index contributed by atoms with van der Waals surface area (Å²) < 4.78 is 35.6. The lowest BCUT2D eigenvalue weighted by atomic mass is 9.97. The molecule has 0 bridgehead atoms. The van der Waals surface area contributed by atoms with Gasteiger partial charge in [-0.2, -0.15) is 4.31 Å². The minimum atomic E-state index is -3.58. The maximum Gasteiger partial charge on any atom is 0.246 e. The molecule has 1 saturated heterocycles. The average Bonchev–Trinajstić information content (AvgIpc) is 2.96. The summed E-state index contributed by atoms with van der Waals surface area (Å²) in [6.45, 7) is 3.86. The van der Waals surface area contributed by atoms with Crippen LogP contribution in [-0.4, -0.2) is 47.7 Å². The molecule has 0 amide bonds. The van der Waals surface area contributed by atoms with Crippen molar-refractivity contribution in [1.82, 2.24) is 19.1 Å². The lowest BCUT2D eigenvalue weighted by Gasteiger charge is -2.31. The van der Waals surface area contributed by atoms with Gasteiger partial charge in [0.25, 0.3) is 0 Å². The van der Waals surface area contributed by atoms with E-state index in [9.17, 15) is 8.42 Å². The largest absolute Gasteiger partial charge is 0.495 e. The van der Waals surface area contributed by atoms with Crippen LogP contribution in [-0.2, 0) is 23.0 Å². The SMILES string of the molecule is COc1ccc(C)cc1S(=O)(=O)N1CCC(c2nnc3n2CCCCC3)CC1. The topological polar surface area (TPSA) is 77.3 Å². The second-order valence-electron chi connectivity index (χ2n) is 7.77. The van der Waals surface area contributed by atoms with E-state index in [-0.39, 0.29) is 10.8 Å². The fraction of sp³-hybridized carbons (Fsp3) is 0.600. The Balaban J connectivity index is 1.52. The quantitative estimate of drug-likeness (QED) is 0.783. The third kappa shape index (κ3) is 3.55. The highest BCUT2D eigenvalue weighted by Gasteiger charge is 2.34. The van der Waals surface area contributed by atoms with Crippen molar-refractivity contribution in [3.63, 3.8) is 0 Å². The molecule has 0 unspecified atom stereocenters. The molecule has 0 radical (unpaired) electrons. The van der Waals surface area contributed by atoms with Crippen LogP contribution in [0.4, 0.5) is 0 Å². The first kappa shape index (κ1) is 19.4. The van der Waals surface area contributed by atoms with E-state index in [4.69, 9.17) is 4.74 Å². The van der Waals surface area contributed by atoms with Crippen molar-refractivity contribution in [2.45, 2.75) is 62.8 Å². The van der Waals surface area contributed by atoms with Crippen molar-refractivity contribution < 1.29 is 13.2 Å². The number of sulfonamides is 1. The lowest BCUT2D eigenvalue weighted by Crippen LogP contribution is -2.38. The molecule has 0 saturated carbocycles. The van der Waals surface area contributed by atoms with Crippen molar-refractivity contribution in [1.29, 1.82) is 0 Å². The highest BCUT2D eigenvalue weighted by Crippen LogP contribution is 2.34. The molecule has 1 aromatic carbocycles. The fourth-order valence-electron chi connectivity index (χ4n) is 4.29. The summed E-state index contributed by atoms with van der Waals surface area (Å²) in [5.41, 5.74) is 0.903.